The zero-order valence-electron chi connectivity index (χ0n) is 15.1. The molecule has 7 nitrogen and oxygen atoms in total. The molecule has 2 N–H and O–H groups in total. The lowest BCUT2D eigenvalue weighted by Gasteiger charge is -2.32. The second-order valence-electron chi connectivity index (χ2n) is 6.46. The molecule has 0 bridgehead atoms. The number of hydrogen-bond acceptors (Lipinski definition) is 6. The summed E-state index contributed by atoms with van der Waals surface area (Å²) in [5, 5.41) is 6.78. The van der Waals surface area contributed by atoms with Crippen molar-refractivity contribution in [3.8, 4) is 0 Å². The van der Waals surface area contributed by atoms with Crippen LogP contribution in [0.2, 0.25) is 5.02 Å². The van der Waals surface area contributed by atoms with Gasteiger partial charge in [-0.3, -0.25) is 9.59 Å². The van der Waals surface area contributed by atoms with Crippen LogP contribution >= 0.6 is 11.6 Å². The summed E-state index contributed by atoms with van der Waals surface area (Å²) in [6.07, 6.45) is 1.05. The van der Waals surface area contributed by atoms with Crippen molar-refractivity contribution < 1.29 is 9.53 Å². The average Bonchev–Trinajstić information content (AvgIpc) is 2.69. The summed E-state index contributed by atoms with van der Waals surface area (Å²) < 4.78 is 5.00. The lowest BCUT2D eigenvalue weighted by Crippen LogP contribution is -2.45. The number of rotatable bonds is 6. The van der Waals surface area contributed by atoms with Crippen molar-refractivity contribution in [3.63, 3.8) is 0 Å². The number of hydrogen-bond donors (Lipinski definition) is 2. The maximum absolute atomic E-state index is 12.0. The van der Waals surface area contributed by atoms with Crippen LogP contribution in [0.5, 0.6) is 0 Å². The maximum Gasteiger partial charge on any atom is 0.409 e. The second kappa shape index (κ2) is 8.43. The molecule has 0 atom stereocenters. The summed E-state index contributed by atoms with van der Waals surface area (Å²) in [4.78, 5) is 37.3. The number of carbonyl (C=O) groups excluding carboxylic acids is 1. The summed E-state index contributed by atoms with van der Waals surface area (Å²) in [5.74, 6) is 0. The minimum Gasteiger partial charge on any atom is -0.450 e. The number of amides is 1. The molecule has 0 radical (unpaired) electrons. The summed E-state index contributed by atoms with van der Waals surface area (Å²) >= 11 is 6.12. The molecular formula is C19H22ClN3O4. The van der Waals surface area contributed by atoms with Crippen LogP contribution in [0.4, 0.5) is 16.2 Å². The average molecular weight is 392 g/mol. The van der Waals surface area contributed by atoms with Crippen LogP contribution in [0.15, 0.2) is 33.9 Å². The third-order valence-corrected chi connectivity index (χ3v) is 5.06. The molecule has 1 fully saturated rings. The molecule has 0 aromatic heterocycles. The monoisotopic (exact) mass is 391 g/mol. The first-order chi connectivity index (χ1) is 13.0. The number of anilines is 2. The number of piperidine rings is 1. The molecule has 1 aliphatic rings. The quantitative estimate of drug-likeness (QED) is 0.736. The van der Waals surface area contributed by atoms with E-state index in [1.165, 1.54) is 0 Å². The first-order valence-electron chi connectivity index (χ1n) is 9.00. The van der Waals surface area contributed by atoms with Gasteiger partial charge in [-0.15, -0.1) is 0 Å². The van der Waals surface area contributed by atoms with Gasteiger partial charge >= 0.3 is 6.09 Å². The van der Waals surface area contributed by atoms with Crippen LogP contribution in [-0.4, -0.2) is 36.7 Å². The SMILES string of the molecule is CCOC(=O)N1CCC(Nc2c(NCc3ccccc3Cl)c(=O)c2=O)CC1. The van der Waals surface area contributed by atoms with E-state index >= 15 is 0 Å². The highest BCUT2D eigenvalue weighted by atomic mass is 35.5. The van der Waals surface area contributed by atoms with Gasteiger partial charge in [-0.2, -0.15) is 0 Å². The summed E-state index contributed by atoms with van der Waals surface area (Å²) in [5.41, 5.74) is 0.438. The van der Waals surface area contributed by atoms with Crippen molar-refractivity contribution in [3.05, 3.63) is 55.3 Å². The Kier molecular flexibility index (Phi) is 6.01. The van der Waals surface area contributed by atoms with Gasteiger partial charge in [-0.1, -0.05) is 29.8 Å². The fourth-order valence-corrected chi connectivity index (χ4v) is 3.35. The van der Waals surface area contributed by atoms with Gasteiger partial charge in [0.2, 0.25) is 0 Å². The number of likely N-dealkylation sites (tertiary alicyclic amines) is 1. The molecule has 144 valence electrons. The van der Waals surface area contributed by atoms with Crippen molar-refractivity contribution in [1.29, 1.82) is 0 Å². The van der Waals surface area contributed by atoms with Gasteiger partial charge in [0.1, 0.15) is 11.4 Å². The molecule has 27 heavy (non-hydrogen) atoms. The number of benzene rings is 1. The van der Waals surface area contributed by atoms with E-state index in [-0.39, 0.29) is 12.1 Å². The normalized spacial score (nSPS) is 15.0. The molecule has 0 spiro atoms. The van der Waals surface area contributed by atoms with Gasteiger partial charge < -0.3 is 20.3 Å². The molecule has 1 amide bonds. The second-order valence-corrected chi connectivity index (χ2v) is 6.86. The molecule has 0 aliphatic carbocycles. The molecule has 0 saturated carbocycles. The highest BCUT2D eigenvalue weighted by molar-refractivity contribution is 6.31. The first kappa shape index (κ1) is 19.2. The minimum atomic E-state index is -0.520. The number of nitrogens with one attached hydrogen (secondary N) is 2. The lowest BCUT2D eigenvalue weighted by molar-refractivity contribution is 0.0983. The van der Waals surface area contributed by atoms with Crippen LogP contribution in [0.3, 0.4) is 0 Å². The van der Waals surface area contributed by atoms with Crippen molar-refractivity contribution in [2.75, 3.05) is 30.3 Å². The van der Waals surface area contributed by atoms with Crippen LogP contribution in [0.1, 0.15) is 25.3 Å². The fraction of sp³-hybridized carbons (Fsp3) is 0.421. The summed E-state index contributed by atoms with van der Waals surface area (Å²) in [6, 6.07) is 7.36. The topological polar surface area (TPSA) is 87.7 Å². The van der Waals surface area contributed by atoms with E-state index in [1.54, 1.807) is 17.9 Å². The van der Waals surface area contributed by atoms with E-state index < -0.39 is 10.9 Å². The van der Waals surface area contributed by atoms with Crippen LogP contribution in [-0.2, 0) is 11.3 Å². The van der Waals surface area contributed by atoms with E-state index in [9.17, 15) is 14.4 Å². The highest BCUT2D eigenvalue weighted by Crippen LogP contribution is 2.22. The van der Waals surface area contributed by atoms with Crippen molar-refractivity contribution in [2.24, 2.45) is 0 Å². The Morgan fingerprint density at radius 3 is 2.52 bits per heavy atom. The molecule has 1 heterocycles. The van der Waals surface area contributed by atoms with Crippen molar-refractivity contribution in [2.45, 2.75) is 32.4 Å². The Labute approximate surface area is 162 Å². The van der Waals surface area contributed by atoms with Gasteiger partial charge in [0.25, 0.3) is 10.9 Å². The zero-order chi connectivity index (χ0) is 19.4. The van der Waals surface area contributed by atoms with E-state index in [4.69, 9.17) is 16.3 Å². The Balaban J connectivity index is 1.58. The molecule has 3 rings (SSSR count). The van der Waals surface area contributed by atoms with E-state index in [1.807, 2.05) is 18.2 Å². The molecular weight excluding hydrogens is 370 g/mol. The third-order valence-electron chi connectivity index (χ3n) is 4.69. The Bertz CT molecular complexity index is 883. The smallest absolute Gasteiger partial charge is 0.409 e. The maximum atomic E-state index is 12.0. The predicted octanol–water partition coefficient (Wildman–Crippen LogP) is 2.58. The summed E-state index contributed by atoms with van der Waals surface area (Å²) in [6.45, 7) is 3.58. The Hall–Kier alpha value is -2.54. The molecule has 1 aliphatic heterocycles. The van der Waals surface area contributed by atoms with E-state index in [0.717, 1.165) is 5.56 Å². The van der Waals surface area contributed by atoms with E-state index in [0.29, 0.717) is 55.5 Å². The number of carbonyl (C=O) groups is 1. The molecule has 0 unspecified atom stereocenters. The summed E-state index contributed by atoms with van der Waals surface area (Å²) in [7, 11) is 0. The fourth-order valence-electron chi connectivity index (χ4n) is 3.15. The third kappa shape index (κ3) is 4.24. The number of halogens is 1. The van der Waals surface area contributed by atoms with Gasteiger partial charge in [0.15, 0.2) is 0 Å². The van der Waals surface area contributed by atoms with Gasteiger partial charge in [-0.25, -0.2) is 4.79 Å². The van der Waals surface area contributed by atoms with Gasteiger partial charge in [0, 0.05) is 30.7 Å². The lowest BCUT2D eigenvalue weighted by atomic mass is 10.0. The zero-order valence-corrected chi connectivity index (χ0v) is 15.8. The van der Waals surface area contributed by atoms with Crippen LogP contribution in [0, 0.1) is 0 Å². The Morgan fingerprint density at radius 1 is 1.19 bits per heavy atom. The van der Waals surface area contributed by atoms with Crippen LogP contribution in [0.25, 0.3) is 0 Å². The first-order valence-corrected chi connectivity index (χ1v) is 9.37. The van der Waals surface area contributed by atoms with Gasteiger partial charge in [0.05, 0.1) is 6.61 Å². The largest absolute Gasteiger partial charge is 0.450 e. The van der Waals surface area contributed by atoms with Crippen molar-refractivity contribution >= 4 is 29.1 Å². The van der Waals surface area contributed by atoms with Crippen molar-refractivity contribution in [1.82, 2.24) is 4.90 Å². The Morgan fingerprint density at radius 2 is 1.85 bits per heavy atom. The molecule has 1 saturated heterocycles. The molecule has 2 aromatic rings. The van der Waals surface area contributed by atoms with Gasteiger partial charge in [-0.05, 0) is 31.4 Å². The van der Waals surface area contributed by atoms with E-state index in [2.05, 4.69) is 10.6 Å². The molecule has 8 heteroatoms. The molecule has 2 aromatic carbocycles. The number of ether oxygens (including phenoxy) is 1. The highest BCUT2D eigenvalue weighted by Gasteiger charge is 2.27. The minimum absolute atomic E-state index is 0.0276. The number of nitrogens with zero attached hydrogens (tertiary/aromatic N) is 1. The predicted molar refractivity (Wildman–Crippen MR) is 105 cm³/mol. The standard InChI is InChI=1S/C19H22ClN3O4/c1-2-27-19(26)23-9-7-13(8-10-23)22-16-15(17(24)18(16)25)21-11-12-5-3-4-6-14(12)20/h3-6,13,21-22H,2,7-11H2,1H3. The van der Waals surface area contributed by atoms with Crippen LogP contribution < -0.4 is 21.5 Å².